The van der Waals surface area contributed by atoms with E-state index in [1.54, 1.807) is 0 Å². The molecule has 1 N–H and O–H groups in total. The minimum Gasteiger partial charge on any atom is -0.392 e. The fraction of sp³-hybridized carbons (Fsp3) is 0.500. The topological polar surface area (TPSA) is 107 Å². The largest absolute Gasteiger partial charge is 0.392 e. The van der Waals surface area contributed by atoms with E-state index in [2.05, 4.69) is 0 Å². The van der Waals surface area contributed by atoms with Crippen molar-refractivity contribution in [2.75, 3.05) is 0 Å². The van der Waals surface area contributed by atoms with E-state index < -0.39 is 16.0 Å². The molecular formula is C12H14N2O5. The van der Waals surface area contributed by atoms with Gasteiger partial charge in [0.1, 0.15) is 0 Å². The Morgan fingerprint density at radius 2 is 1.79 bits per heavy atom. The second-order valence-corrected chi connectivity index (χ2v) is 4.72. The molecular weight excluding hydrogens is 252 g/mol. The van der Waals surface area contributed by atoms with E-state index in [0.717, 1.165) is 18.9 Å². The van der Waals surface area contributed by atoms with E-state index >= 15 is 0 Å². The van der Waals surface area contributed by atoms with Crippen LogP contribution in [0.1, 0.15) is 37.2 Å². The standard InChI is InChI=1S/C12H14N2O5/c15-12-4-2-1-3-10(12)9-6-5-8(13(16)17)7-11(9)14(18)19/h5-7,10,12,15H,1-4H2. The molecule has 0 bridgehead atoms. The molecule has 19 heavy (non-hydrogen) atoms. The Morgan fingerprint density at radius 3 is 2.37 bits per heavy atom. The molecule has 0 aliphatic heterocycles. The minimum absolute atomic E-state index is 0.278. The lowest BCUT2D eigenvalue weighted by molar-refractivity contribution is -0.394. The normalized spacial score (nSPS) is 23.0. The smallest absolute Gasteiger partial charge is 0.279 e. The number of rotatable bonds is 3. The van der Waals surface area contributed by atoms with E-state index in [0.29, 0.717) is 18.4 Å². The van der Waals surface area contributed by atoms with E-state index in [1.165, 1.54) is 12.1 Å². The summed E-state index contributed by atoms with van der Waals surface area (Å²) in [6.07, 6.45) is 2.46. The van der Waals surface area contributed by atoms with Gasteiger partial charge in [-0.3, -0.25) is 20.2 Å². The molecule has 1 aromatic carbocycles. The minimum atomic E-state index is -0.659. The molecule has 1 aliphatic carbocycles. The molecule has 0 spiro atoms. The van der Waals surface area contributed by atoms with Crippen molar-refractivity contribution in [3.8, 4) is 0 Å². The van der Waals surface area contributed by atoms with Crippen LogP contribution < -0.4 is 0 Å². The zero-order valence-corrected chi connectivity index (χ0v) is 10.2. The van der Waals surface area contributed by atoms with Gasteiger partial charge >= 0.3 is 0 Å². The third-order valence-corrected chi connectivity index (χ3v) is 3.55. The van der Waals surface area contributed by atoms with Crippen LogP contribution in [0.4, 0.5) is 11.4 Å². The predicted molar refractivity (Wildman–Crippen MR) is 67.0 cm³/mol. The molecule has 0 radical (unpaired) electrons. The molecule has 1 saturated carbocycles. The maximum absolute atomic E-state index is 11.0. The average molecular weight is 266 g/mol. The number of hydrogen-bond donors (Lipinski definition) is 1. The summed E-state index contributed by atoms with van der Waals surface area (Å²) in [5.41, 5.74) is -0.191. The molecule has 1 fully saturated rings. The van der Waals surface area contributed by atoms with Crippen LogP contribution in [0.5, 0.6) is 0 Å². The Bertz CT molecular complexity index is 517. The molecule has 2 unspecified atom stereocenters. The molecule has 1 aliphatic rings. The molecule has 0 amide bonds. The summed E-state index contributed by atoms with van der Waals surface area (Å²) >= 11 is 0. The van der Waals surface area contributed by atoms with Gasteiger partial charge in [0.15, 0.2) is 0 Å². The maximum atomic E-state index is 11.0. The van der Waals surface area contributed by atoms with Crippen molar-refractivity contribution < 1.29 is 15.0 Å². The Morgan fingerprint density at radius 1 is 1.11 bits per heavy atom. The van der Waals surface area contributed by atoms with Gasteiger partial charge in [-0.2, -0.15) is 0 Å². The summed E-state index contributed by atoms with van der Waals surface area (Å²) in [4.78, 5) is 20.4. The average Bonchev–Trinajstić information content (AvgIpc) is 2.38. The highest BCUT2D eigenvalue weighted by atomic mass is 16.6. The predicted octanol–water partition coefficient (Wildman–Crippen LogP) is 2.52. The summed E-state index contributed by atoms with van der Waals surface area (Å²) in [7, 11) is 0. The highest BCUT2D eigenvalue weighted by Crippen LogP contribution is 2.38. The van der Waals surface area contributed by atoms with Crippen LogP contribution in [-0.4, -0.2) is 21.1 Å². The Labute approximate surface area is 109 Å². The van der Waals surface area contributed by atoms with Gasteiger partial charge in [0, 0.05) is 17.5 Å². The monoisotopic (exact) mass is 266 g/mol. The van der Waals surface area contributed by atoms with Crippen LogP contribution in [0.3, 0.4) is 0 Å². The lowest BCUT2D eigenvalue weighted by Gasteiger charge is -2.27. The number of aliphatic hydroxyl groups excluding tert-OH is 1. The molecule has 0 saturated heterocycles. The number of aliphatic hydroxyl groups is 1. The molecule has 7 nitrogen and oxygen atoms in total. The van der Waals surface area contributed by atoms with Crippen LogP contribution in [-0.2, 0) is 0 Å². The van der Waals surface area contributed by atoms with Gasteiger partial charge in [-0.25, -0.2) is 0 Å². The van der Waals surface area contributed by atoms with Crippen LogP contribution in [0, 0.1) is 20.2 Å². The Hall–Kier alpha value is -2.02. The van der Waals surface area contributed by atoms with Crippen LogP contribution in [0.25, 0.3) is 0 Å². The first-order valence-electron chi connectivity index (χ1n) is 6.11. The van der Waals surface area contributed by atoms with E-state index in [-0.39, 0.29) is 17.3 Å². The summed E-state index contributed by atoms with van der Waals surface area (Å²) in [6.45, 7) is 0. The molecule has 2 rings (SSSR count). The van der Waals surface area contributed by atoms with Gasteiger partial charge in [0.05, 0.1) is 22.0 Å². The lowest BCUT2D eigenvalue weighted by Crippen LogP contribution is -2.23. The first-order valence-corrected chi connectivity index (χ1v) is 6.11. The van der Waals surface area contributed by atoms with Gasteiger partial charge in [0.25, 0.3) is 11.4 Å². The van der Waals surface area contributed by atoms with Crippen molar-refractivity contribution in [3.05, 3.63) is 44.0 Å². The van der Waals surface area contributed by atoms with Crippen LogP contribution in [0.2, 0.25) is 0 Å². The van der Waals surface area contributed by atoms with E-state index in [9.17, 15) is 25.3 Å². The van der Waals surface area contributed by atoms with Gasteiger partial charge < -0.3 is 5.11 Å². The van der Waals surface area contributed by atoms with Crippen molar-refractivity contribution in [1.29, 1.82) is 0 Å². The fourth-order valence-electron chi connectivity index (χ4n) is 2.59. The van der Waals surface area contributed by atoms with Gasteiger partial charge in [-0.05, 0) is 18.9 Å². The third kappa shape index (κ3) is 2.70. The van der Waals surface area contributed by atoms with Crippen molar-refractivity contribution in [3.63, 3.8) is 0 Å². The fourth-order valence-corrected chi connectivity index (χ4v) is 2.59. The van der Waals surface area contributed by atoms with Gasteiger partial charge in [-0.1, -0.05) is 12.8 Å². The van der Waals surface area contributed by atoms with Crippen LogP contribution in [0.15, 0.2) is 18.2 Å². The molecule has 1 aromatic rings. The summed E-state index contributed by atoms with van der Waals surface area (Å²) in [5, 5.41) is 31.7. The highest BCUT2D eigenvalue weighted by Gasteiger charge is 2.31. The number of nitrogens with zero attached hydrogens (tertiary/aromatic N) is 2. The maximum Gasteiger partial charge on any atom is 0.279 e. The van der Waals surface area contributed by atoms with Crippen LogP contribution >= 0.6 is 0 Å². The number of hydrogen-bond acceptors (Lipinski definition) is 5. The van der Waals surface area contributed by atoms with E-state index in [1.807, 2.05) is 0 Å². The van der Waals surface area contributed by atoms with Gasteiger partial charge in [0.2, 0.25) is 0 Å². The van der Waals surface area contributed by atoms with Gasteiger partial charge in [-0.15, -0.1) is 0 Å². The first kappa shape index (κ1) is 13.4. The second kappa shape index (κ2) is 5.31. The van der Waals surface area contributed by atoms with Crippen molar-refractivity contribution in [1.82, 2.24) is 0 Å². The number of non-ortho nitro benzene ring substituents is 1. The summed E-state index contributed by atoms with van der Waals surface area (Å²) in [5.74, 6) is -0.310. The second-order valence-electron chi connectivity index (χ2n) is 4.72. The Kier molecular flexibility index (Phi) is 3.75. The highest BCUT2D eigenvalue weighted by molar-refractivity contribution is 5.51. The molecule has 0 heterocycles. The lowest BCUT2D eigenvalue weighted by atomic mass is 9.81. The molecule has 7 heteroatoms. The van der Waals surface area contributed by atoms with Crippen molar-refractivity contribution >= 4 is 11.4 Å². The SMILES string of the molecule is O=[N+]([O-])c1ccc(C2CCCCC2O)c([N+](=O)[O-])c1. The first-order chi connectivity index (χ1) is 9.00. The van der Waals surface area contributed by atoms with E-state index in [4.69, 9.17) is 0 Å². The third-order valence-electron chi connectivity index (χ3n) is 3.55. The van der Waals surface area contributed by atoms with Crippen molar-refractivity contribution in [2.45, 2.75) is 37.7 Å². The Balaban J connectivity index is 2.44. The number of nitro groups is 2. The zero-order chi connectivity index (χ0) is 14.0. The number of benzene rings is 1. The number of nitro benzene ring substituents is 2. The van der Waals surface area contributed by atoms with Crippen molar-refractivity contribution in [2.24, 2.45) is 0 Å². The molecule has 102 valence electrons. The quantitative estimate of drug-likeness (QED) is 0.668. The zero-order valence-electron chi connectivity index (χ0n) is 10.2. The molecule has 2 atom stereocenters. The molecule has 0 aromatic heterocycles. The summed E-state index contributed by atoms with van der Waals surface area (Å²) < 4.78 is 0. The summed E-state index contributed by atoms with van der Waals surface area (Å²) in [6, 6.07) is 3.62.